The van der Waals surface area contributed by atoms with Crippen molar-refractivity contribution < 1.29 is 24.2 Å². The van der Waals surface area contributed by atoms with Gasteiger partial charge in [-0.1, -0.05) is 48.5 Å². The van der Waals surface area contributed by atoms with Gasteiger partial charge in [-0.25, -0.2) is 4.79 Å². The molecule has 0 radical (unpaired) electrons. The molecule has 0 unspecified atom stereocenters. The summed E-state index contributed by atoms with van der Waals surface area (Å²) < 4.78 is 7.61. The number of Topliss-reactive ketones (excluding diaryl/α,β-unsaturated/α-hetero) is 1. The predicted molar refractivity (Wildman–Crippen MR) is 152 cm³/mol. The van der Waals surface area contributed by atoms with Crippen molar-refractivity contribution in [3.63, 3.8) is 0 Å². The molecule has 0 aliphatic heterocycles. The molecule has 0 bridgehead atoms. The largest absolute Gasteiger partial charge is 0.494 e. The number of aromatic nitrogens is 1. The van der Waals surface area contributed by atoms with E-state index in [4.69, 9.17) is 4.74 Å². The van der Waals surface area contributed by atoms with E-state index in [9.17, 15) is 24.3 Å². The van der Waals surface area contributed by atoms with E-state index >= 15 is 0 Å². The molecule has 0 aliphatic carbocycles. The van der Waals surface area contributed by atoms with Crippen LogP contribution in [-0.2, 0) is 6.54 Å². The number of methoxy groups -OCH3 is 1. The molecule has 2 amide bonds. The van der Waals surface area contributed by atoms with Gasteiger partial charge in [-0.3, -0.25) is 19.0 Å². The fourth-order valence-corrected chi connectivity index (χ4v) is 5.75. The molecule has 0 saturated carbocycles. The lowest BCUT2D eigenvalue weighted by atomic mass is 10.1. The quantitative estimate of drug-likeness (QED) is 0.224. The normalized spacial score (nSPS) is 11.5. The average molecular weight is 550 g/mol. The van der Waals surface area contributed by atoms with Crippen LogP contribution >= 0.6 is 11.3 Å². The third kappa shape index (κ3) is 5.65. The van der Waals surface area contributed by atoms with Crippen molar-refractivity contribution in [1.82, 2.24) is 14.8 Å². The van der Waals surface area contributed by atoms with Gasteiger partial charge in [0, 0.05) is 29.6 Å². The number of hydrogen-bond acceptors (Lipinski definition) is 6. The molecule has 4 aromatic rings. The van der Waals surface area contributed by atoms with Gasteiger partial charge < -0.3 is 20.1 Å². The van der Waals surface area contributed by atoms with Crippen LogP contribution in [0.5, 0.6) is 5.75 Å². The van der Waals surface area contributed by atoms with Crippen molar-refractivity contribution in [1.29, 1.82) is 0 Å². The van der Waals surface area contributed by atoms with E-state index in [0.29, 0.717) is 22.2 Å². The molecular weight excluding hydrogens is 518 g/mol. The summed E-state index contributed by atoms with van der Waals surface area (Å²) in [5.74, 6) is -0.466. The summed E-state index contributed by atoms with van der Waals surface area (Å²) in [6.45, 7) is 5.78. The number of carbonyl (C=O) groups is 3. The lowest BCUT2D eigenvalue weighted by Gasteiger charge is -2.33. The van der Waals surface area contributed by atoms with Gasteiger partial charge in [0.2, 0.25) is 0 Å². The van der Waals surface area contributed by atoms with Crippen LogP contribution in [0.15, 0.2) is 59.4 Å². The summed E-state index contributed by atoms with van der Waals surface area (Å²) in [5.41, 5.74) is 0.111. The summed E-state index contributed by atoms with van der Waals surface area (Å²) >= 11 is 1.16. The maximum absolute atomic E-state index is 13.8. The number of para-hydroxylation sites is 1. The topological polar surface area (TPSA) is 118 Å². The Balaban J connectivity index is 1.67. The van der Waals surface area contributed by atoms with Crippen molar-refractivity contribution in [3.05, 3.63) is 75.4 Å². The molecule has 0 atom stereocenters. The van der Waals surface area contributed by atoms with Crippen LogP contribution in [0, 0.1) is 0 Å². The molecule has 2 N–H and O–H groups in total. The second-order valence-electron chi connectivity index (χ2n) is 10.1. The fourth-order valence-electron chi connectivity index (χ4n) is 4.54. The van der Waals surface area contributed by atoms with Crippen LogP contribution in [0.2, 0.25) is 0 Å². The van der Waals surface area contributed by atoms with Gasteiger partial charge >= 0.3 is 6.09 Å². The maximum atomic E-state index is 13.8. The summed E-state index contributed by atoms with van der Waals surface area (Å²) in [4.78, 5) is 53.1. The Kier molecular flexibility index (Phi) is 8.06. The molecule has 0 fully saturated rings. The monoisotopic (exact) mass is 549 g/mol. The number of nitrogens with one attached hydrogen (secondary N) is 1. The van der Waals surface area contributed by atoms with Crippen LogP contribution in [0.3, 0.4) is 0 Å². The van der Waals surface area contributed by atoms with Gasteiger partial charge in [-0.15, -0.1) is 11.3 Å². The minimum Gasteiger partial charge on any atom is -0.494 e. The summed E-state index contributed by atoms with van der Waals surface area (Å²) in [5, 5.41) is 13.3. The molecule has 9 nitrogen and oxygen atoms in total. The molecule has 0 spiro atoms. The Bertz CT molecular complexity index is 1600. The highest BCUT2D eigenvalue weighted by Gasteiger charge is 2.27. The van der Waals surface area contributed by atoms with Crippen LogP contribution < -0.4 is 15.6 Å². The molecular formula is C29H31N3O6S. The summed E-state index contributed by atoms with van der Waals surface area (Å²) in [6.07, 6.45) is -0.603. The van der Waals surface area contributed by atoms with Gasteiger partial charge in [-0.2, -0.15) is 0 Å². The Labute approximate surface area is 229 Å². The minimum absolute atomic E-state index is 0.158. The number of nitrogens with zero attached hydrogens (tertiary/aromatic N) is 2. The number of hydrogen-bond donors (Lipinski definition) is 2. The maximum Gasteiger partial charge on any atom is 0.407 e. The number of rotatable bonds is 9. The Hall–Kier alpha value is -4.18. The molecule has 204 valence electrons. The van der Waals surface area contributed by atoms with Crippen LogP contribution in [-0.4, -0.2) is 58.1 Å². The summed E-state index contributed by atoms with van der Waals surface area (Å²) in [7, 11) is 1.40. The number of amides is 2. The zero-order valence-corrected chi connectivity index (χ0v) is 23.1. The zero-order chi connectivity index (χ0) is 28.3. The molecule has 0 saturated heterocycles. The van der Waals surface area contributed by atoms with Crippen molar-refractivity contribution in [2.24, 2.45) is 0 Å². The first-order valence-corrected chi connectivity index (χ1v) is 13.3. The highest BCUT2D eigenvalue weighted by molar-refractivity contribution is 7.22. The number of carbonyl (C=O) groups excluding carboxylic acids is 2. The molecule has 2 aromatic carbocycles. The third-order valence-electron chi connectivity index (χ3n) is 6.46. The fraction of sp³-hybridized carbons (Fsp3) is 0.310. The van der Waals surface area contributed by atoms with E-state index in [-0.39, 0.29) is 41.4 Å². The predicted octanol–water partition coefficient (Wildman–Crippen LogP) is 5.01. The number of ketones is 1. The molecule has 39 heavy (non-hydrogen) atoms. The Morgan fingerprint density at radius 3 is 2.36 bits per heavy atom. The minimum atomic E-state index is -1.02. The average Bonchev–Trinajstić information content (AvgIpc) is 3.30. The molecule has 4 rings (SSSR count). The van der Waals surface area contributed by atoms with E-state index in [1.165, 1.54) is 16.6 Å². The van der Waals surface area contributed by atoms with Gasteiger partial charge in [0.15, 0.2) is 11.5 Å². The number of carboxylic acid groups (broad SMARTS) is 1. The van der Waals surface area contributed by atoms with Gasteiger partial charge in [-0.05, 0) is 33.3 Å². The lowest BCUT2D eigenvalue weighted by molar-refractivity contribution is 0.0934. The Morgan fingerprint density at radius 2 is 1.72 bits per heavy atom. The smallest absolute Gasteiger partial charge is 0.407 e. The first kappa shape index (κ1) is 27.8. The van der Waals surface area contributed by atoms with E-state index < -0.39 is 23.1 Å². The van der Waals surface area contributed by atoms with Gasteiger partial charge in [0.25, 0.3) is 11.5 Å². The first-order valence-electron chi connectivity index (χ1n) is 12.5. The molecule has 2 aromatic heterocycles. The van der Waals surface area contributed by atoms with Crippen molar-refractivity contribution >= 4 is 50.1 Å². The number of fused-ring (bicyclic) bond motifs is 3. The SMILES string of the molecule is COc1c(C(=O)NCCCN(C(=O)O)C(C)(C)C)sc2c1c(=O)n(CC(=O)c1ccccc1)c1ccccc21. The molecule has 0 aliphatic rings. The third-order valence-corrected chi connectivity index (χ3v) is 7.66. The zero-order valence-electron chi connectivity index (χ0n) is 22.3. The number of benzene rings is 2. The van der Waals surface area contributed by atoms with Crippen LogP contribution in [0.25, 0.3) is 21.0 Å². The van der Waals surface area contributed by atoms with E-state index in [1.807, 2.05) is 39.0 Å². The summed E-state index contributed by atoms with van der Waals surface area (Å²) in [6, 6.07) is 16.0. The van der Waals surface area contributed by atoms with Crippen LogP contribution in [0.1, 0.15) is 47.2 Å². The number of thiophene rings is 1. The highest BCUT2D eigenvalue weighted by Crippen LogP contribution is 2.39. The van der Waals surface area contributed by atoms with E-state index in [2.05, 4.69) is 5.32 Å². The van der Waals surface area contributed by atoms with Crippen molar-refractivity contribution in [2.75, 3.05) is 20.2 Å². The van der Waals surface area contributed by atoms with Gasteiger partial charge in [0.05, 0.1) is 23.9 Å². The van der Waals surface area contributed by atoms with Crippen LogP contribution in [0.4, 0.5) is 4.79 Å². The Morgan fingerprint density at radius 1 is 1.05 bits per heavy atom. The van der Waals surface area contributed by atoms with Crippen molar-refractivity contribution in [3.8, 4) is 5.75 Å². The molecule has 2 heterocycles. The molecule has 10 heteroatoms. The second kappa shape index (κ2) is 11.3. The highest BCUT2D eigenvalue weighted by atomic mass is 32.1. The second-order valence-corrected chi connectivity index (χ2v) is 11.1. The number of pyridine rings is 1. The van der Waals surface area contributed by atoms with E-state index in [0.717, 1.165) is 16.7 Å². The first-order chi connectivity index (χ1) is 18.5. The lowest BCUT2D eigenvalue weighted by Crippen LogP contribution is -2.46. The standard InChI is InChI=1S/C29H31N3O6S/c1-29(2,3)32(28(36)37)16-10-15-30-26(34)25-23(38-4)22-24(39-25)19-13-8-9-14-20(19)31(27(22)35)17-21(33)18-11-6-5-7-12-18/h5-9,11-14H,10,15-17H2,1-4H3,(H,30,34)(H,36,37). The number of ether oxygens (including phenoxy) is 1. The van der Waals surface area contributed by atoms with Crippen molar-refractivity contribution in [2.45, 2.75) is 39.3 Å². The van der Waals surface area contributed by atoms with Gasteiger partial charge in [0.1, 0.15) is 10.3 Å². The van der Waals surface area contributed by atoms with E-state index in [1.54, 1.807) is 36.4 Å².